The summed E-state index contributed by atoms with van der Waals surface area (Å²) < 4.78 is 0. The topological polar surface area (TPSA) is 29.1 Å². The van der Waals surface area contributed by atoms with E-state index in [1.807, 2.05) is 31.2 Å². The van der Waals surface area contributed by atoms with Gasteiger partial charge in [-0.25, -0.2) is 0 Å². The molecule has 0 spiro atoms. The number of carbonyl (C=O) groups is 1. The van der Waals surface area contributed by atoms with Crippen LogP contribution in [0.4, 0.5) is 0 Å². The van der Waals surface area contributed by atoms with Gasteiger partial charge in [-0.1, -0.05) is 61.0 Å². The fourth-order valence-corrected chi connectivity index (χ4v) is 2.45. The third kappa shape index (κ3) is 4.19. The smallest absolute Gasteiger partial charge is 0.224 e. The van der Waals surface area contributed by atoms with Crippen molar-refractivity contribution in [3.05, 3.63) is 70.8 Å². The quantitative estimate of drug-likeness (QED) is 0.878. The Morgan fingerprint density at radius 2 is 1.71 bits per heavy atom. The van der Waals surface area contributed by atoms with Crippen LogP contribution in [0.3, 0.4) is 0 Å². The van der Waals surface area contributed by atoms with Gasteiger partial charge in [0.2, 0.25) is 5.91 Å². The average molecular weight is 281 g/mol. The number of benzene rings is 2. The molecule has 2 aromatic carbocycles. The van der Waals surface area contributed by atoms with Gasteiger partial charge in [0.05, 0.1) is 12.5 Å². The lowest BCUT2D eigenvalue weighted by Gasteiger charge is -2.18. The number of carbonyl (C=O) groups excluding carboxylic acids is 1. The minimum absolute atomic E-state index is 0.0803. The number of aryl methyl sites for hydroxylation is 2. The maximum Gasteiger partial charge on any atom is 0.224 e. The predicted molar refractivity (Wildman–Crippen MR) is 87.2 cm³/mol. The largest absolute Gasteiger partial charge is 0.349 e. The zero-order valence-corrected chi connectivity index (χ0v) is 13.0. The molecule has 1 atom stereocenters. The molecule has 0 aliphatic rings. The molecule has 2 aromatic rings. The number of nitrogens with one attached hydrogen (secondary N) is 1. The molecule has 1 unspecified atom stereocenters. The Hall–Kier alpha value is -2.09. The van der Waals surface area contributed by atoms with Gasteiger partial charge in [0.25, 0.3) is 0 Å². The summed E-state index contributed by atoms with van der Waals surface area (Å²) in [4.78, 5) is 12.3. The monoisotopic (exact) mass is 281 g/mol. The highest BCUT2D eigenvalue weighted by Crippen LogP contribution is 2.17. The van der Waals surface area contributed by atoms with Crippen LogP contribution in [0.1, 0.15) is 41.6 Å². The van der Waals surface area contributed by atoms with Crippen molar-refractivity contribution >= 4 is 5.91 Å². The zero-order valence-electron chi connectivity index (χ0n) is 13.0. The lowest BCUT2D eigenvalue weighted by Crippen LogP contribution is -2.29. The van der Waals surface area contributed by atoms with Gasteiger partial charge in [0, 0.05) is 0 Å². The Morgan fingerprint density at radius 1 is 1.05 bits per heavy atom. The summed E-state index contributed by atoms with van der Waals surface area (Å²) in [5.74, 6) is 0.0803. The van der Waals surface area contributed by atoms with Crippen LogP contribution in [0.15, 0.2) is 48.5 Å². The summed E-state index contributed by atoms with van der Waals surface area (Å²) in [5, 5.41) is 3.14. The van der Waals surface area contributed by atoms with Crippen molar-refractivity contribution < 1.29 is 4.79 Å². The molecule has 0 saturated heterocycles. The SMILES string of the molecule is CCC(NC(=O)Cc1ccccc1C)c1ccc(C)cc1. The van der Waals surface area contributed by atoms with Gasteiger partial charge in [-0.2, -0.15) is 0 Å². The van der Waals surface area contributed by atoms with Crippen LogP contribution in [0.2, 0.25) is 0 Å². The van der Waals surface area contributed by atoms with Crippen molar-refractivity contribution in [3.63, 3.8) is 0 Å². The fourth-order valence-electron chi connectivity index (χ4n) is 2.45. The molecular weight excluding hydrogens is 258 g/mol. The highest BCUT2D eigenvalue weighted by molar-refractivity contribution is 5.79. The second-order valence-corrected chi connectivity index (χ2v) is 5.54. The molecule has 0 heterocycles. The molecule has 2 rings (SSSR count). The van der Waals surface area contributed by atoms with Crippen molar-refractivity contribution in [1.29, 1.82) is 0 Å². The van der Waals surface area contributed by atoms with Crippen LogP contribution in [-0.4, -0.2) is 5.91 Å². The van der Waals surface area contributed by atoms with E-state index in [0.717, 1.165) is 17.5 Å². The molecule has 21 heavy (non-hydrogen) atoms. The first-order chi connectivity index (χ1) is 10.1. The number of hydrogen-bond acceptors (Lipinski definition) is 1. The Morgan fingerprint density at radius 3 is 2.33 bits per heavy atom. The summed E-state index contributed by atoms with van der Waals surface area (Å²) in [6.07, 6.45) is 1.33. The molecule has 0 aliphatic heterocycles. The Labute approximate surface area is 127 Å². The minimum atomic E-state index is 0.0803. The first-order valence-electron chi connectivity index (χ1n) is 7.50. The van der Waals surface area contributed by atoms with Crippen LogP contribution in [0, 0.1) is 13.8 Å². The molecule has 0 fully saturated rings. The first-order valence-corrected chi connectivity index (χ1v) is 7.50. The highest BCUT2D eigenvalue weighted by atomic mass is 16.1. The van der Waals surface area contributed by atoms with Crippen LogP contribution in [-0.2, 0) is 11.2 Å². The molecule has 0 aromatic heterocycles. The third-order valence-electron chi connectivity index (χ3n) is 3.84. The van der Waals surface area contributed by atoms with Crippen LogP contribution >= 0.6 is 0 Å². The van der Waals surface area contributed by atoms with Crippen LogP contribution in [0.25, 0.3) is 0 Å². The van der Waals surface area contributed by atoms with Gasteiger partial charge in [-0.05, 0) is 37.0 Å². The summed E-state index contributed by atoms with van der Waals surface area (Å²) in [6.45, 7) is 6.21. The highest BCUT2D eigenvalue weighted by Gasteiger charge is 2.13. The van der Waals surface area contributed by atoms with E-state index in [1.165, 1.54) is 11.1 Å². The first kappa shape index (κ1) is 15.3. The lowest BCUT2D eigenvalue weighted by molar-refractivity contribution is -0.121. The standard InChI is InChI=1S/C19H23NO/c1-4-18(16-11-9-14(2)10-12-16)20-19(21)13-17-8-6-5-7-15(17)3/h5-12,18H,4,13H2,1-3H3,(H,20,21). The third-order valence-corrected chi connectivity index (χ3v) is 3.84. The van der Waals surface area contributed by atoms with Gasteiger partial charge in [0.1, 0.15) is 0 Å². The van der Waals surface area contributed by atoms with E-state index in [0.29, 0.717) is 6.42 Å². The number of amides is 1. The van der Waals surface area contributed by atoms with Crippen molar-refractivity contribution in [2.75, 3.05) is 0 Å². The molecule has 2 heteroatoms. The van der Waals surface area contributed by atoms with E-state index in [1.54, 1.807) is 0 Å². The maximum atomic E-state index is 12.3. The van der Waals surface area contributed by atoms with Gasteiger partial charge in [0.15, 0.2) is 0 Å². The van der Waals surface area contributed by atoms with Crippen molar-refractivity contribution in [2.45, 2.75) is 39.7 Å². The number of rotatable bonds is 5. The summed E-state index contributed by atoms with van der Waals surface area (Å²) in [6, 6.07) is 16.5. The molecule has 1 N–H and O–H groups in total. The molecule has 0 saturated carbocycles. The van der Waals surface area contributed by atoms with Crippen molar-refractivity contribution in [3.8, 4) is 0 Å². The van der Waals surface area contributed by atoms with Crippen molar-refractivity contribution in [2.24, 2.45) is 0 Å². The summed E-state index contributed by atoms with van der Waals surface area (Å²) >= 11 is 0. The molecule has 0 bridgehead atoms. The summed E-state index contributed by atoms with van der Waals surface area (Å²) in [5.41, 5.74) is 4.66. The predicted octanol–water partition coefficient (Wildman–Crippen LogP) is 4.11. The van der Waals surface area contributed by atoms with E-state index < -0.39 is 0 Å². The Kier molecular flexibility index (Phi) is 5.15. The molecule has 1 amide bonds. The van der Waals surface area contributed by atoms with Gasteiger partial charge in [-0.15, -0.1) is 0 Å². The zero-order chi connectivity index (χ0) is 15.2. The van der Waals surface area contributed by atoms with Gasteiger partial charge in [-0.3, -0.25) is 4.79 Å². The van der Waals surface area contributed by atoms with Crippen LogP contribution < -0.4 is 5.32 Å². The van der Waals surface area contributed by atoms with E-state index in [-0.39, 0.29) is 11.9 Å². The maximum absolute atomic E-state index is 12.3. The Bertz CT molecular complexity index is 601. The average Bonchev–Trinajstić information content (AvgIpc) is 2.48. The molecule has 0 radical (unpaired) electrons. The molecular formula is C19H23NO. The number of hydrogen-bond donors (Lipinski definition) is 1. The minimum Gasteiger partial charge on any atom is -0.349 e. The molecule has 110 valence electrons. The second kappa shape index (κ2) is 7.07. The molecule has 0 aliphatic carbocycles. The fraction of sp³-hybridized carbons (Fsp3) is 0.316. The lowest BCUT2D eigenvalue weighted by atomic mass is 10.0. The summed E-state index contributed by atoms with van der Waals surface area (Å²) in [7, 11) is 0. The van der Waals surface area contributed by atoms with Crippen LogP contribution in [0.5, 0.6) is 0 Å². The van der Waals surface area contributed by atoms with E-state index in [9.17, 15) is 4.79 Å². The van der Waals surface area contributed by atoms with Gasteiger partial charge < -0.3 is 5.32 Å². The van der Waals surface area contributed by atoms with E-state index in [2.05, 4.69) is 43.4 Å². The molecule has 2 nitrogen and oxygen atoms in total. The van der Waals surface area contributed by atoms with E-state index in [4.69, 9.17) is 0 Å². The van der Waals surface area contributed by atoms with Crippen molar-refractivity contribution in [1.82, 2.24) is 5.32 Å². The Balaban J connectivity index is 2.03. The second-order valence-electron chi connectivity index (χ2n) is 5.54. The van der Waals surface area contributed by atoms with Gasteiger partial charge >= 0.3 is 0 Å². The normalized spacial score (nSPS) is 12.0. The van der Waals surface area contributed by atoms with E-state index >= 15 is 0 Å².